The predicted octanol–water partition coefficient (Wildman–Crippen LogP) is 4.59. The highest BCUT2D eigenvalue weighted by molar-refractivity contribution is 6.35. The van der Waals surface area contributed by atoms with E-state index in [0.29, 0.717) is 10.5 Å². The smallest absolute Gasteiger partial charge is 0.367 e. The molecule has 0 fully saturated rings. The summed E-state index contributed by atoms with van der Waals surface area (Å²) in [6.45, 7) is 3.79. The van der Waals surface area contributed by atoms with E-state index in [9.17, 15) is 19.2 Å². The summed E-state index contributed by atoms with van der Waals surface area (Å²) in [6, 6.07) is 10.7. The molecule has 0 aliphatic rings. The second-order valence-electron chi connectivity index (χ2n) is 7.09. The molecule has 0 bridgehead atoms. The lowest BCUT2D eigenvalue weighted by atomic mass is 9.88. The molecule has 8 nitrogen and oxygen atoms in total. The summed E-state index contributed by atoms with van der Waals surface area (Å²) >= 11 is 12.4. The Labute approximate surface area is 205 Å². The lowest BCUT2D eigenvalue weighted by molar-refractivity contribution is -0.197. The normalized spacial score (nSPS) is 11.2. The number of benzene rings is 2. The number of esters is 3. The first-order valence-electron chi connectivity index (χ1n) is 10.3. The number of hydrogen-bond acceptors (Lipinski definition) is 7. The van der Waals surface area contributed by atoms with Gasteiger partial charge in [0.1, 0.15) is 0 Å². The molecule has 2 aromatic carbocycles. The zero-order chi connectivity index (χ0) is 25.0. The fourth-order valence-electron chi connectivity index (χ4n) is 3.59. The third-order valence-electron chi connectivity index (χ3n) is 4.88. The minimum absolute atomic E-state index is 0.0903. The van der Waals surface area contributed by atoms with Crippen molar-refractivity contribution in [3.05, 3.63) is 69.3 Å². The standard InChI is InChI=1S/C24H21Cl2NO7/c1-4-32-22(30)24(34-13(3)28,23(31)33-5-2)19-16-11-10-14(25)12-18(16)27-20(19)21(29)15-8-6-7-9-17(15)26/h6-12,27H,4-5H2,1-3H3. The van der Waals surface area contributed by atoms with Crippen molar-refractivity contribution in [3.8, 4) is 0 Å². The second-order valence-corrected chi connectivity index (χ2v) is 7.93. The SMILES string of the molecule is CCOC(=O)C(OC(C)=O)(C(=O)OCC)c1c(C(=O)c2ccccc2Cl)[nH]c2cc(Cl)ccc12. The molecular formula is C24H21Cl2NO7. The molecule has 0 aliphatic heterocycles. The maximum atomic E-state index is 13.6. The molecular weight excluding hydrogens is 485 g/mol. The molecule has 0 amide bonds. The Hall–Kier alpha value is -3.36. The van der Waals surface area contributed by atoms with Crippen LogP contribution in [-0.4, -0.2) is 41.9 Å². The van der Waals surface area contributed by atoms with Crippen molar-refractivity contribution in [2.75, 3.05) is 13.2 Å². The maximum Gasteiger partial charge on any atom is 0.367 e. The molecule has 1 aromatic heterocycles. The Kier molecular flexibility index (Phi) is 7.64. The molecule has 3 aromatic rings. The van der Waals surface area contributed by atoms with E-state index in [2.05, 4.69) is 4.98 Å². The number of carbonyl (C=O) groups excluding carboxylic acids is 4. The van der Waals surface area contributed by atoms with E-state index in [-0.39, 0.29) is 40.4 Å². The van der Waals surface area contributed by atoms with Gasteiger partial charge in [0.15, 0.2) is 0 Å². The molecule has 0 unspecified atom stereocenters. The molecule has 178 valence electrons. The lowest BCUT2D eigenvalue weighted by Crippen LogP contribution is -2.50. The van der Waals surface area contributed by atoms with Crippen molar-refractivity contribution in [3.63, 3.8) is 0 Å². The van der Waals surface area contributed by atoms with Gasteiger partial charge in [-0.15, -0.1) is 0 Å². The molecule has 3 rings (SSSR count). The van der Waals surface area contributed by atoms with Crippen molar-refractivity contribution in [1.29, 1.82) is 0 Å². The summed E-state index contributed by atoms with van der Waals surface area (Å²) in [4.78, 5) is 55.4. The Morgan fingerprint density at radius 2 is 1.56 bits per heavy atom. The minimum atomic E-state index is -2.73. The fourth-order valence-corrected chi connectivity index (χ4v) is 3.98. The molecule has 34 heavy (non-hydrogen) atoms. The van der Waals surface area contributed by atoms with Crippen LogP contribution in [0.15, 0.2) is 42.5 Å². The topological polar surface area (TPSA) is 112 Å². The summed E-state index contributed by atoms with van der Waals surface area (Å²) in [7, 11) is 0. The average molecular weight is 506 g/mol. The van der Waals surface area contributed by atoms with Crippen LogP contribution < -0.4 is 0 Å². The van der Waals surface area contributed by atoms with Gasteiger partial charge in [-0.05, 0) is 38.1 Å². The first-order chi connectivity index (χ1) is 16.2. The zero-order valence-electron chi connectivity index (χ0n) is 18.6. The van der Waals surface area contributed by atoms with Gasteiger partial charge in [0.05, 0.1) is 29.5 Å². The Morgan fingerprint density at radius 3 is 2.12 bits per heavy atom. The van der Waals surface area contributed by atoms with Gasteiger partial charge in [-0.1, -0.05) is 41.4 Å². The molecule has 0 atom stereocenters. The summed E-state index contributed by atoms with van der Waals surface area (Å²) in [5.74, 6) is -4.06. The lowest BCUT2D eigenvalue weighted by Gasteiger charge is -2.29. The number of ether oxygens (including phenoxy) is 3. The van der Waals surface area contributed by atoms with Crippen LogP contribution in [-0.2, 0) is 34.2 Å². The third kappa shape index (κ3) is 4.51. The van der Waals surface area contributed by atoms with Crippen molar-refractivity contribution in [2.24, 2.45) is 0 Å². The summed E-state index contributed by atoms with van der Waals surface area (Å²) in [5.41, 5.74) is -2.78. The van der Waals surface area contributed by atoms with Crippen LogP contribution in [0.4, 0.5) is 0 Å². The first kappa shape index (κ1) is 25.3. The van der Waals surface area contributed by atoms with Gasteiger partial charge in [-0.2, -0.15) is 0 Å². The van der Waals surface area contributed by atoms with E-state index in [1.54, 1.807) is 12.1 Å². The van der Waals surface area contributed by atoms with Gasteiger partial charge in [0.2, 0.25) is 5.78 Å². The molecule has 0 aliphatic carbocycles. The summed E-state index contributed by atoms with van der Waals surface area (Å²) < 4.78 is 15.7. The number of fused-ring (bicyclic) bond motifs is 1. The number of carbonyl (C=O) groups is 4. The van der Waals surface area contributed by atoms with Gasteiger partial charge >= 0.3 is 23.5 Å². The highest BCUT2D eigenvalue weighted by Crippen LogP contribution is 2.40. The van der Waals surface area contributed by atoms with E-state index in [1.165, 1.54) is 44.2 Å². The van der Waals surface area contributed by atoms with Crippen LogP contribution in [0.2, 0.25) is 10.0 Å². The van der Waals surface area contributed by atoms with Crippen molar-refractivity contribution >= 4 is 57.8 Å². The van der Waals surface area contributed by atoms with E-state index in [4.69, 9.17) is 37.4 Å². The highest BCUT2D eigenvalue weighted by Gasteiger charge is 2.58. The third-order valence-corrected chi connectivity index (χ3v) is 5.45. The first-order valence-corrected chi connectivity index (χ1v) is 11.1. The van der Waals surface area contributed by atoms with Gasteiger partial charge in [0, 0.05) is 28.4 Å². The number of hydrogen-bond donors (Lipinski definition) is 1. The Balaban J connectivity index is 2.46. The number of rotatable bonds is 8. The predicted molar refractivity (Wildman–Crippen MR) is 125 cm³/mol. The fraction of sp³-hybridized carbons (Fsp3) is 0.250. The van der Waals surface area contributed by atoms with Crippen LogP contribution in [0.25, 0.3) is 10.9 Å². The number of aromatic amines is 1. The Morgan fingerprint density at radius 1 is 0.941 bits per heavy atom. The van der Waals surface area contributed by atoms with Crippen molar-refractivity contribution < 1.29 is 33.4 Å². The van der Waals surface area contributed by atoms with Crippen LogP contribution in [0.5, 0.6) is 0 Å². The minimum Gasteiger partial charge on any atom is -0.462 e. The highest BCUT2D eigenvalue weighted by atomic mass is 35.5. The summed E-state index contributed by atoms with van der Waals surface area (Å²) in [6.07, 6.45) is 0. The molecule has 1 N–H and O–H groups in total. The largest absolute Gasteiger partial charge is 0.462 e. The second kappa shape index (κ2) is 10.3. The number of halogens is 2. The average Bonchev–Trinajstić information content (AvgIpc) is 3.16. The maximum absolute atomic E-state index is 13.6. The molecule has 10 heteroatoms. The van der Waals surface area contributed by atoms with Crippen molar-refractivity contribution in [2.45, 2.75) is 26.4 Å². The van der Waals surface area contributed by atoms with Crippen LogP contribution >= 0.6 is 23.2 Å². The number of nitrogens with one attached hydrogen (secondary N) is 1. The van der Waals surface area contributed by atoms with Gasteiger partial charge in [-0.25, -0.2) is 9.59 Å². The quantitative estimate of drug-likeness (QED) is 0.206. The van der Waals surface area contributed by atoms with E-state index in [1.807, 2.05) is 0 Å². The van der Waals surface area contributed by atoms with Gasteiger partial charge in [-0.3, -0.25) is 9.59 Å². The molecule has 1 heterocycles. The number of H-pyrrole nitrogens is 1. The van der Waals surface area contributed by atoms with Crippen LogP contribution in [0.3, 0.4) is 0 Å². The number of ketones is 1. The van der Waals surface area contributed by atoms with Gasteiger partial charge in [0.25, 0.3) is 0 Å². The molecule has 0 spiro atoms. The summed E-state index contributed by atoms with van der Waals surface area (Å²) in [5, 5.41) is 0.685. The van der Waals surface area contributed by atoms with Gasteiger partial charge < -0.3 is 19.2 Å². The van der Waals surface area contributed by atoms with E-state index < -0.39 is 29.3 Å². The molecule has 0 saturated carbocycles. The number of aromatic nitrogens is 1. The molecule has 0 saturated heterocycles. The molecule has 0 radical (unpaired) electrons. The van der Waals surface area contributed by atoms with Crippen LogP contribution in [0, 0.1) is 0 Å². The Bertz CT molecular complexity index is 1260. The van der Waals surface area contributed by atoms with Crippen LogP contribution in [0.1, 0.15) is 42.4 Å². The monoisotopic (exact) mass is 505 g/mol. The van der Waals surface area contributed by atoms with E-state index in [0.717, 1.165) is 6.92 Å². The van der Waals surface area contributed by atoms with Crippen molar-refractivity contribution in [1.82, 2.24) is 4.98 Å². The zero-order valence-corrected chi connectivity index (χ0v) is 20.1. The van der Waals surface area contributed by atoms with E-state index >= 15 is 0 Å².